The maximum absolute atomic E-state index is 12.9. The van der Waals surface area contributed by atoms with Crippen molar-refractivity contribution in [3.8, 4) is 17.2 Å². The number of benzene rings is 2. The number of ether oxygens (including phenoxy) is 3. The number of methoxy groups -OCH3 is 2. The van der Waals surface area contributed by atoms with E-state index in [-0.39, 0.29) is 17.3 Å². The van der Waals surface area contributed by atoms with Crippen LogP contribution in [-0.2, 0) is 10.0 Å². The van der Waals surface area contributed by atoms with Crippen LogP contribution in [0.1, 0.15) is 6.42 Å². The second-order valence-corrected chi connectivity index (χ2v) is 8.49. The molecule has 0 amide bonds. The van der Waals surface area contributed by atoms with Crippen LogP contribution in [0.3, 0.4) is 0 Å². The highest BCUT2D eigenvalue weighted by atomic mass is 79.9. The Morgan fingerprint density at radius 1 is 1.07 bits per heavy atom. The molecule has 0 aliphatic carbocycles. The Balaban J connectivity index is 2.02. The van der Waals surface area contributed by atoms with Crippen LogP contribution in [0.25, 0.3) is 0 Å². The molecule has 6 nitrogen and oxygen atoms in total. The molecule has 0 bridgehead atoms. The van der Waals surface area contributed by atoms with Gasteiger partial charge in [-0.3, -0.25) is 0 Å². The van der Waals surface area contributed by atoms with Gasteiger partial charge in [0.2, 0.25) is 10.0 Å². The maximum atomic E-state index is 12.9. The summed E-state index contributed by atoms with van der Waals surface area (Å²) in [5.41, 5.74) is 0. The van der Waals surface area contributed by atoms with Gasteiger partial charge in [0.15, 0.2) is 11.5 Å². The predicted molar refractivity (Wildman–Crippen MR) is 104 cm³/mol. The van der Waals surface area contributed by atoms with Gasteiger partial charge in [0, 0.05) is 24.1 Å². The molecule has 9 heteroatoms. The number of hydrogen-bond donors (Lipinski definition) is 0. The van der Waals surface area contributed by atoms with E-state index in [1.807, 2.05) is 0 Å². The van der Waals surface area contributed by atoms with E-state index in [1.165, 1.54) is 55.9 Å². The molecule has 0 aromatic heterocycles. The summed E-state index contributed by atoms with van der Waals surface area (Å²) in [6.07, 6.45) is 0.470. The second-order valence-electron chi connectivity index (χ2n) is 5.62. The zero-order valence-electron chi connectivity index (χ0n) is 15.2. The molecule has 27 heavy (non-hydrogen) atoms. The van der Waals surface area contributed by atoms with Gasteiger partial charge in [-0.25, -0.2) is 17.1 Å². The monoisotopic (exact) mass is 461 g/mol. The van der Waals surface area contributed by atoms with E-state index in [1.54, 1.807) is 6.07 Å². The Kier molecular flexibility index (Phi) is 7.46. The Labute approximate surface area is 167 Å². The first kappa shape index (κ1) is 21.5. The van der Waals surface area contributed by atoms with E-state index in [2.05, 4.69) is 15.9 Å². The Bertz CT molecular complexity index is 874. The number of nitrogens with zero attached hydrogens (tertiary/aromatic N) is 1. The second kappa shape index (κ2) is 9.38. The lowest BCUT2D eigenvalue weighted by Crippen LogP contribution is -2.29. The lowest BCUT2D eigenvalue weighted by atomic mass is 10.3. The van der Waals surface area contributed by atoms with E-state index in [0.29, 0.717) is 34.7 Å². The van der Waals surface area contributed by atoms with Gasteiger partial charge < -0.3 is 14.2 Å². The molecule has 0 spiro atoms. The minimum absolute atomic E-state index is 0.0853. The van der Waals surface area contributed by atoms with E-state index in [9.17, 15) is 12.8 Å². The van der Waals surface area contributed by atoms with Crippen LogP contribution in [0, 0.1) is 5.82 Å². The normalized spacial score (nSPS) is 11.5. The average molecular weight is 462 g/mol. The standard InChI is InChI=1S/C18H21BrFNO5S/c1-21(9-4-10-26-14-7-5-13(20)6-8-14)27(22,23)18-12-17(25-3)16(24-2)11-15(18)19/h5-8,11-12H,4,9-10H2,1-3H3. The molecule has 2 aromatic rings. The maximum Gasteiger partial charge on any atom is 0.244 e. The average Bonchev–Trinajstić information content (AvgIpc) is 2.65. The van der Waals surface area contributed by atoms with Crippen molar-refractivity contribution < 1.29 is 27.0 Å². The number of sulfonamides is 1. The van der Waals surface area contributed by atoms with Gasteiger partial charge in [-0.05, 0) is 52.7 Å². The van der Waals surface area contributed by atoms with Gasteiger partial charge >= 0.3 is 0 Å². The molecule has 0 aliphatic rings. The summed E-state index contributed by atoms with van der Waals surface area (Å²) in [6, 6.07) is 8.63. The lowest BCUT2D eigenvalue weighted by molar-refractivity contribution is 0.296. The van der Waals surface area contributed by atoms with Crippen LogP contribution in [-0.4, -0.2) is 47.1 Å². The third-order valence-corrected chi connectivity index (χ3v) is 6.64. The molecule has 0 fully saturated rings. The van der Waals surface area contributed by atoms with Crippen molar-refractivity contribution in [3.63, 3.8) is 0 Å². The minimum Gasteiger partial charge on any atom is -0.494 e. The summed E-state index contributed by atoms with van der Waals surface area (Å²) in [6.45, 7) is 0.558. The van der Waals surface area contributed by atoms with Crippen molar-refractivity contribution in [2.24, 2.45) is 0 Å². The van der Waals surface area contributed by atoms with Crippen molar-refractivity contribution in [2.75, 3.05) is 34.4 Å². The van der Waals surface area contributed by atoms with Crippen LogP contribution >= 0.6 is 15.9 Å². The van der Waals surface area contributed by atoms with E-state index >= 15 is 0 Å². The number of hydrogen-bond acceptors (Lipinski definition) is 5. The van der Waals surface area contributed by atoms with Gasteiger partial charge in [0.05, 0.1) is 20.8 Å². The van der Waals surface area contributed by atoms with E-state index < -0.39 is 10.0 Å². The van der Waals surface area contributed by atoms with Crippen molar-refractivity contribution in [3.05, 3.63) is 46.7 Å². The molecule has 0 radical (unpaired) electrons. The number of halogens is 2. The van der Waals surface area contributed by atoms with Gasteiger partial charge in [-0.15, -0.1) is 0 Å². The summed E-state index contributed by atoms with van der Waals surface area (Å²) in [5, 5.41) is 0. The van der Waals surface area contributed by atoms with Crippen LogP contribution in [0.15, 0.2) is 45.8 Å². The third-order valence-electron chi connectivity index (χ3n) is 3.83. The molecule has 0 unspecified atom stereocenters. The smallest absolute Gasteiger partial charge is 0.244 e. The fourth-order valence-corrected chi connectivity index (χ4v) is 4.53. The topological polar surface area (TPSA) is 65.1 Å². The first-order chi connectivity index (χ1) is 12.8. The summed E-state index contributed by atoms with van der Waals surface area (Å²) in [4.78, 5) is 0.0853. The van der Waals surface area contributed by atoms with Crippen LogP contribution in [0.4, 0.5) is 4.39 Å². The summed E-state index contributed by atoms with van der Waals surface area (Å²) in [7, 11) is 0.685. The highest BCUT2D eigenvalue weighted by Crippen LogP contribution is 2.36. The van der Waals surface area contributed by atoms with Crippen molar-refractivity contribution >= 4 is 26.0 Å². The summed E-state index contributed by atoms with van der Waals surface area (Å²) in [5.74, 6) is 0.948. The predicted octanol–water partition coefficient (Wildman–Crippen LogP) is 3.70. The molecular formula is C18H21BrFNO5S. The highest BCUT2D eigenvalue weighted by molar-refractivity contribution is 9.10. The van der Waals surface area contributed by atoms with Gasteiger partial charge in [-0.1, -0.05) is 0 Å². The molecule has 0 heterocycles. The van der Waals surface area contributed by atoms with Gasteiger partial charge in [0.1, 0.15) is 16.5 Å². The van der Waals surface area contributed by atoms with Crippen molar-refractivity contribution in [2.45, 2.75) is 11.3 Å². The SMILES string of the molecule is COc1cc(Br)c(S(=O)(=O)N(C)CCCOc2ccc(F)cc2)cc1OC. The third kappa shape index (κ3) is 5.33. The molecule has 148 valence electrons. The molecule has 2 rings (SSSR count). The largest absolute Gasteiger partial charge is 0.494 e. The lowest BCUT2D eigenvalue weighted by Gasteiger charge is -2.19. The molecule has 0 aliphatic heterocycles. The minimum atomic E-state index is -3.73. The molecule has 0 saturated carbocycles. The Morgan fingerprint density at radius 3 is 2.26 bits per heavy atom. The molecule has 0 saturated heterocycles. The Morgan fingerprint density at radius 2 is 1.67 bits per heavy atom. The van der Waals surface area contributed by atoms with Gasteiger partial charge in [0.25, 0.3) is 0 Å². The zero-order valence-corrected chi connectivity index (χ0v) is 17.6. The van der Waals surface area contributed by atoms with E-state index in [0.717, 1.165) is 0 Å². The first-order valence-electron chi connectivity index (χ1n) is 8.06. The molecule has 0 atom stereocenters. The quantitative estimate of drug-likeness (QED) is 0.532. The van der Waals surface area contributed by atoms with Crippen molar-refractivity contribution in [1.29, 1.82) is 0 Å². The fraction of sp³-hybridized carbons (Fsp3) is 0.333. The van der Waals surface area contributed by atoms with Crippen LogP contribution < -0.4 is 14.2 Å². The van der Waals surface area contributed by atoms with Gasteiger partial charge in [-0.2, -0.15) is 0 Å². The molecule has 2 aromatic carbocycles. The zero-order chi connectivity index (χ0) is 20.0. The molecular weight excluding hydrogens is 441 g/mol. The highest BCUT2D eigenvalue weighted by Gasteiger charge is 2.25. The number of rotatable bonds is 9. The summed E-state index contributed by atoms with van der Waals surface area (Å²) < 4.78 is 56.0. The van der Waals surface area contributed by atoms with Crippen molar-refractivity contribution in [1.82, 2.24) is 4.31 Å². The van der Waals surface area contributed by atoms with Crippen LogP contribution in [0.5, 0.6) is 17.2 Å². The first-order valence-corrected chi connectivity index (χ1v) is 10.3. The molecule has 0 N–H and O–H groups in total. The van der Waals surface area contributed by atoms with Crippen LogP contribution in [0.2, 0.25) is 0 Å². The Hall–Kier alpha value is -1.84. The van der Waals surface area contributed by atoms with E-state index in [4.69, 9.17) is 14.2 Å². The summed E-state index contributed by atoms with van der Waals surface area (Å²) >= 11 is 3.28. The fourth-order valence-electron chi connectivity index (χ4n) is 2.33.